The highest BCUT2D eigenvalue weighted by atomic mass is 32.1. The predicted molar refractivity (Wildman–Crippen MR) is 68.0 cm³/mol. The van der Waals surface area contributed by atoms with E-state index in [-0.39, 0.29) is 24.1 Å². The molecule has 2 N–H and O–H groups in total. The molecule has 0 aromatic carbocycles. The first-order chi connectivity index (χ1) is 8.97. The van der Waals surface area contributed by atoms with Crippen LogP contribution in [0, 0.1) is 6.92 Å². The first-order valence-electron chi connectivity index (χ1n) is 5.66. The molecule has 1 aliphatic heterocycles. The van der Waals surface area contributed by atoms with Gasteiger partial charge in [-0.05, 0) is 13.8 Å². The molecule has 0 radical (unpaired) electrons. The van der Waals surface area contributed by atoms with Crippen molar-refractivity contribution in [2.75, 3.05) is 0 Å². The van der Waals surface area contributed by atoms with E-state index in [1.165, 1.54) is 11.3 Å². The zero-order chi connectivity index (χ0) is 14.0. The fourth-order valence-electron chi connectivity index (χ4n) is 1.58. The van der Waals surface area contributed by atoms with Crippen LogP contribution in [0.5, 0.6) is 0 Å². The molecule has 102 valence electrons. The molecule has 1 aromatic rings. The largest absolute Gasteiger partial charge is 0.477 e. The second-order valence-corrected chi connectivity index (χ2v) is 5.45. The number of amides is 1. The first kappa shape index (κ1) is 13.5. The number of thiazole rings is 1. The van der Waals surface area contributed by atoms with Crippen molar-refractivity contribution in [3.63, 3.8) is 0 Å². The van der Waals surface area contributed by atoms with Gasteiger partial charge in [0.15, 0.2) is 5.71 Å². The zero-order valence-corrected chi connectivity index (χ0v) is 11.2. The van der Waals surface area contributed by atoms with Gasteiger partial charge in [0.05, 0.1) is 6.04 Å². The number of carbonyl (C=O) groups excluding carboxylic acids is 1. The van der Waals surface area contributed by atoms with Crippen molar-refractivity contribution in [3.8, 4) is 0 Å². The van der Waals surface area contributed by atoms with E-state index in [9.17, 15) is 9.59 Å². The second kappa shape index (κ2) is 5.35. The van der Waals surface area contributed by atoms with Crippen molar-refractivity contribution in [2.24, 2.45) is 5.16 Å². The number of aryl methyl sites for hydroxylation is 1. The number of hydrogen-bond donors (Lipinski definition) is 2. The highest BCUT2D eigenvalue weighted by molar-refractivity contribution is 7.11. The predicted octanol–water partition coefficient (Wildman–Crippen LogP) is 0.858. The van der Waals surface area contributed by atoms with Crippen LogP contribution in [0.25, 0.3) is 0 Å². The summed E-state index contributed by atoms with van der Waals surface area (Å²) in [4.78, 5) is 32.6. The fourth-order valence-corrected chi connectivity index (χ4v) is 2.36. The Balaban J connectivity index is 1.90. The van der Waals surface area contributed by atoms with Crippen LogP contribution in [0.1, 0.15) is 29.3 Å². The number of nitrogens with zero attached hydrogens (tertiary/aromatic N) is 2. The molecule has 0 aliphatic carbocycles. The van der Waals surface area contributed by atoms with E-state index in [1.54, 1.807) is 6.20 Å². The van der Waals surface area contributed by atoms with Gasteiger partial charge < -0.3 is 15.3 Å². The lowest BCUT2D eigenvalue weighted by molar-refractivity contribution is -0.132. The number of carbonyl (C=O) groups is 2. The Labute approximate surface area is 113 Å². The average molecular weight is 283 g/mol. The van der Waals surface area contributed by atoms with Gasteiger partial charge in [-0.25, -0.2) is 9.78 Å². The van der Waals surface area contributed by atoms with E-state index in [0.717, 1.165) is 9.88 Å². The van der Waals surface area contributed by atoms with Crippen LogP contribution in [0.4, 0.5) is 0 Å². The maximum absolute atomic E-state index is 11.9. The normalized spacial score (nSPS) is 19.5. The Morgan fingerprint density at radius 1 is 1.63 bits per heavy atom. The van der Waals surface area contributed by atoms with Crippen molar-refractivity contribution in [3.05, 3.63) is 16.1 Å². The number of oxime groups is 1. The summed E-state index contributed by atoms with van der Waals surface area (Å²) in [5, 5.41) is 15.6. The van der Waals surface area contributed by atoms with Crippen molar-refractivity contribution in [2.45, 2.75) is 32.4 Å². The minimum Gasteiger partial charge on any atom is -0.477 e. The van der Waals surface area contributed by atoms with Crippen LogP contribution in [-0.2, 0) is 14.4 Å². The molecule has 8 heteroatoms. The van der Waals surface area contributed by atoms with Crippen molar-refractivity contribution in [1.29, 1.82) is 0 Å². The summed E-state index contributed by atoms with van der Waals surface area (Å²) >= 11 is 1.50. The minimum atomic E-state index is -1.17. The van der Waals surface area contributed by atoms with Crippen LogP contribution in [0.15, 0.2) is 11.4 Å². The average Bonchev–Trinajstić information content (AvgIpc) is 2.96. The summed E-state index contributed by atoms with van der Waals surface area (Å²) in [5.74, 6) is -1.56. The van der Waals surface area contributed by atoms with Crippen LogP contribution < -0.4 is 5.32 Å². The summed E-state index contributed by atoms with van der Waals surface area (Å²) in [7, 11) is 0. The lowest BCUT2D eigenvalue weighted by Gasteiger charge is -2.13. The van der Waals surface area contributed by atoms with E-state index in [0.29, 0.717) is 0 Å². The monoisotopic (exact) mass is 283 g/mol. The van der Waals surface area contributed by atoms with Crippen molar-refractivity contribution >= 4 is 28.9 Å². The standard InChI is InChI=1S/C11H13N3O4S/c1-5-4-12-10(19-5)6(2)13-9(15)8-3-7(11(16)17)14-18-8/h4,6,8H,3H2,1-2H3,(H,13,15)(H,16,17). The molecule has 7 nitrogen and oxygen atoms in total. The lowest BCUT2D eigenvalue weighted by atomic mass is 10.1. The first-order valence-corrected chi connectivity index (χ1v) is 6.47. The molecule has 0 bridgehead atoms. The lowest BCUT2D eigenvalue weighted by Crippen LogP contribution is -2.36. The van der Waals surface area contributed by atoms with Gasteiger partial charge in [-0.15, -0.1) is 11.3 Å². The highest BCUT2D eigenvalue weighted by Crippen LogP contribution is 2.20. The zero-order valence-electron chi connectivity index (χ0n) is 10.4. The van der Waals surface area contributed by atoms with Crippen LogP contribution in [-0.4, -0.2) is 33.8 Å². The summed E-state index contributed by atoms with van der Waals surface area (Å²) < 4.78 is 0. The van der Waals surface area contributed by atoms with E-state index < -0.39 is 12.1 Å². The van der Waals surface area contributed by atoms with Gasteiger partial charge in [0.25, 0.3) is 5.91 Å². The van der Waals surface area contributed by atoms with Crippen molar-refractivity contribution < 1.29 is 19.5 Å². The molecule has 2 unspecified atom stereocenters. The van der Waals surface area contributed by atoms with Crippen LogP contribution in [0.3, 0.4) is 0 Å². The number of aromatic nitrogens is 1. The Kier molecular flexibility index (Phi) is 3.79. The van der Waals surface area contributed by atoms with Gasteiger partial charge in [0.2, 0.25) is 6.10 Å². The van der Waals surface area contributed by atoms with Gasteiger partial charge in [-0.3, -0.25) is 4.79 Å². The molecule has 1 amide bonds. The van der Waals surface area contributed by atoms with Gasteiger partial charge in [-0.1, -0.05) is 5.16 Å². The van der Waals surface area contributed by atoms with E-state index in [1.807, 2.05) is 13.8 Å². The SMILES string of the molecule is Cc1cnc(C(C)NC(=O)C2CC(C(=O)O)=NO2)s1. The van der Waals surface area contributed by atoms with E-state index >= 15 is 0 Å². The third-order valence-corrected chi connectivity index (χ3v) is 3.67. The maximum atomic E-state index is 11.9. The Morgan fingerprint density at radius 3 is 2.89 bits per heavy atom. The number of rotatable bonds is 4. The Hall–Kier alpha value is -1.96. The smallest absolute Gasteiger partial charge is 0.353 e. The summed E-state index contributed by atoms with van der Waals surface area (Å²) in [6.45, 7) is 3.74. The molecule has 1 aliphatic rings. The molecule has 2 heterocycles. The van der Waals surface area contributed by atoms with Gasteiger partial charge in [0, 0.05) is 17.5 Å². The summed E-state index contributed by atoms with van der Waals surface area (Å²) in [6.07, 6.45) is 0.833. The summed E-state index contributed by atoms with van der Waals surface area (Å²) in [6, 6.07) is -0.247. The fraction of sp³-hybridized carbons (Fsp3) is 0.455. The number of carboxylic acids is 1. The molecule has 0 fully saturated rings. The Bertz CT molecular complexity index is 540. The van der Waals surface area contributed by atoms with Crippen LogP contribution >= 0.6 is 11.3 Å². The quantitative estimate of drug-likeness (QED) is 0.853. The highest BCUT2D eigenvalue weighted by Gasteiger charge is 2.32. The topological polar surface area (TPSA) is 101 Å². The number of nitrogens with one attached hydrogen (secondary N) is 1. The maximum Gasteiger partial charge on any atom is 0.353 e. The molecule has 1 aromatic heterocycles. The number of hydrogen-bond acceptors (Lipinski definition) is 6. The van der Waals surface area contributed by atoms with Crippen molar-refractivity contribution in [1.82, 2.24) is 10.3 Å². The molecular weight excluding hydrogens is 270 g/mol. The third-order valence-electron chi connectivity index (χ3n) is 2.58. The summed E-state index contributed by atoms with van der Waals surface area (Å²) in [5.41, 5.74) is -0.141. The molecule has 0 saturated carbocycles. The molecule has 19 heavy (non-hydrogen) atoms. The molecular formula is C11H13N3O4S. The minimum absolute atomic E-state index is 0.0230. The van der Waals surface area contributed by atoms with Gasteiger partial charge >= 0.3 is 5.97 Å². The van der Waals surface area contributed by atoms with E-state index in [2.05, 4.69) is 15.5 Å². The second-order valence-electron chi connectivity index (χ2n) is 4.18. The van der Waals surface area contributed by atoms with Gasteiger partial charge in [0.1, 0.15) is 5.01 Å². The molecule has 0 spiro atoms. The molecule has 0 saturated heterocycles. The van der Waals surface area contributed by atoms with Crippen LogP contribution in [0.2, 0.25) is 0 Å². The third kappa shape index (κ3) is 3.08. The number of aliphatic carboxylic acids is 1. The van der Waals surface area contributed by atoms with E-state index in [4.69, 9.17) is 9.94 Å². The van der Waals surface area contributed by atoms with Gasteiger partial charge in [-0.2, -0.15) is 0 Å². The number of carboxylic acid groups (broad SMARTS) is 1. The molecule has 2 rings (SSSR count). The Morgan fingerprint density at radius 2 is 2.37 bits per heavy atom. The molecule has 2 atom stereocenters.